The maximum atomic E-state index is 13.6. The molecule has 0 bridgehead atoms. The summed E-state index contributed by atoms with van der Waals surface area (Å²) in [6.07, 6.45) is 2.63. The standard InChI is InChI=1S/C20H19FN4O2S/c1-3-26-17-9-14-7-12(2)27-18(14)10-15(17)11-22-25-19(23-24-20(25)28)13-5-4-6-16(21)8-13/h4-6,8-12H,3,7H2,1-2H3,(H,24,28)/b22-11-/t12-/m1/s1. The maximum Gasteiger partial charge on any atom is 0.216 e. The summed E-state index contributed by atoms with van der Waals surface area (Å²) in [5.74, 6) is 1.62. The van der Waals surface area contributed by atoms with Crippen molar-refractivity contribution in [3.8, 4) is 22.9 Å². The van der Waals surface area contributed by atoms with E-state index in [1.54, 1.807) is 18.3 Å². The van der Waals surface area contributed by atoms with Crippen molar-refractivity contribution in [2.45, 2.75) is 26.4 Å². The highest BCUT2D eigenvalue weighted by Gasteiger charge is 2.21. The molecule has 1 aromatic heterocycles. The van der Waals surface area contributed by atoms with Gasteiger partial charge in [0.05, 0.1) is 12.8 Å². The molecule has 1 atom stereocenters. The van der Waals surface area contributed by atoms with E-state index in [0.29, 0.717) is 22.8 Å². The largest absolute Gasteiger partial charge is 0.493 e. The molecule has 0 fully saturated rings. The van der Waals surface area contributed by atoms with Gasteiger partial charge in [-0.3, -0.25) is 0 Å². The molecule has 144 valence electrons. The molecule has 0 spiro atoms. The van der Waals surface area contributed by atoms with Crippen LogP contribution in [-0.4, -0.2) is 33.8 Å². The minimum atomic E-state index is -0.356. The Morgan fingerprint density at radius 3 is 3.07 bits per heavy atom. The van der Waals surface area contributed by atoms with Gasteiger partial charge in [-0.1, -0.05) is 12.1 Å². The highest BCUT2D eigenvalue weighted by Crippen LogP contribution is 2.34. The van der Waals surface area contributed by atoms with Gasteiger partial charge in [0.25, 0.3) is 0 Å². The van der Waals surface area contributed by atoms with E-state index in [0.717, 1.165) is 29.0 Å². The third-order valence-corrected chi connectivity index (χ3v) is 4.64. The van der Waals surface area contributed by atoms with Crippen molar-refractivity contribution in [1.29, 1.82) is 0 Å². The van der Waals surface area contributed by atoms with Crippen molar-refractivity contribution in [2.24, 2.45) is 5.10 Å². The lowest BCUT2D eigenvalue weighted by Crippen LogP contribution is -2.05. The number of aromatic amines is 1. The Morgan fingerprint density at radius 2 is 2.29 bits per heavy atom. The fourth-order valence-corrected chi connectivity index (χ4v) is 3.35. The van der Waals surface area contributed by atoms with Gasteiger partial charge in [0, 0.05) is 23.1 Å². The summed E-state index contributed by atoms with van der Waals surface area (Å²) in [7, 11) is 0. The van der Waals surface area contributed by atoms with Gasteiger partial charge >= 0.3 is 0 Å². The third kappa shape index (κ3) is 3.55. The molecule has 0 unspecified atom stereocenters. The Bertz CT molecular complexity index is 1110. The Balaban J connectivity index is 1.74. The molecule has 0 radical (unpaired) electrons. The first-order chi connectivity index (χ1) is 13.5. The summed E-state index contributed by atoms with van der Waals surface area (Å²) < 4.78 is 27.0. The molecule has 0 amide bonds. The van der Waals surface area contributed by atoms with Crippen LogP contribution in [0.3, 0.4) is 0 Å². The number of hydrogen-bond donors (Lipinski definition) is 1. The van der Waals surface area contributed by atoms with E-state index in [1.807, 2.05) is 26.0 Å². The second-order valence-corrected chi connectivity index (χ2v) is 6.87. The summed E-state index contributed by atoms with van der Waals surface area (Å²) in [6, 6.07) is 10.0. The molecule has 3 aromatic rings. The number of halogens is 1. The van der Waals surface area contributed by atoms with Crippen molar-refractivity contribution >= 4 is 18.4 Å². The van der Waals surface area contributed by atoms with Crippen molar-refractivity contribution in [3.05, 3.63) is 58.1 Å². The van der Waals surface area contributed by atoms with Crippen LogP contribution >= 0.6 is 12.2 Å². The van der Waals surface area contributed by atoms with Crippen LogP contribution in [0.25, 0.3) is 11.4 Å². The smallest absolute Gasteiger partial charge is 0.216 e. The first kappa shape index (κ1) is 18.4. The van der Waals surface area contributed by atoms with Crippen molar-refractivity contribution < 1.29 is 13.9 Å². The number of hydrogen-bond acceptors (Lipinski definition) is 5. The van der Waals surface area contributed by atoms with E-state index < -0.39 is 0 Å². The van der Waals surface area contributed by atoms with Crippen LogP contribution in [0.2, 0.25) is 0 Å². The van der Waals surface area contributed by atoms with Gasteiger partial charge in [-0.2, -0.15) is 14.9 Å². The monoisotopic (exact) mass is 398 g/mol. The molecule has 1 aliphatic rings. The molecule has 2 aromatic carbocycles. The SMILES string of the molecule is CCOc1cc2c(cc1/C=N\n1c(-c3cccc(F)c3)n[nH]c1=S)O[C@H](C)C2. The number of nitrogens with zero attached hydrogens (tertiary/aromatic N) is 3. The van der Waals surface area contributed by atoms with Crippen LogP contribution in [-0.2, 0) is 6.42 Å². The summed E-state index contributed by atoms with van der Waals surface area (Å²) in [5.41, 5.74) is 2.46. The Kier molecular flexibility index (Phi) is 4.95. The summed E-state index contributed by atoms with van der Waals surface area (Å²) in [6.45, 7) is 4.50. The summed E-state index contributed by atoms with van der Waals surface area (Å²) in [4.78, 5) is 0. The zero-order chi connectivity index (χ0) is 19.7. The number of fused-ring (bicyclic) bond motifs is 1. The van der Waals surface area contributed by atoms with Crippen LogP contribution in [0.5, 0.6) is 11.5 Å². The lowest BCUT2D eigenvalue weighted by molar-refractivity contribution is 0.254. The second kappa shape index (κ2) is 7.55. The van der Waals surface area contributed by atoms with Gasteiger partial charge in [-0.05, 0) is 50.3 Å². The number of rotatable bonds is 5. The van der Waals surface area contributed by atoms with Crippen LogP contribution in [0, 0.1) is 10.6 Å². The summed E-state index contributed by atoms with van der Waals surface area (Å²) in [5, 5.41) is 11.3. The molecule has 6 nitrogen and oxygen atoms in total. The fourth-order valence-electron chi connectivity index (χ4n) is 3.17. The molecule has 1 N–H and O–H groups in total. The lowest BCUT2D eigenvalue weighted by Gasteiger charge is -2.09. The number of benzene rings is 2. The van der Waals surface area contributed by atoms with Gasteiger partial charge in [-0.25, -0.2) is 9.49 Å². The van der Waals surface area contributed by atoms with Gasteiger partial charge in [0.2, 0.25) is 4.77 Å². The number of ether oxygens (including phenoxy) is 2. The normalized spacial score (nSPS) is 15.6. The highest BCUT2D eigenvalue weighted by molar-refractivity contribution is 7.71. The molecular formula is C20H19FN4O2S. The van der Waals surface area contributed by atoms with Gasteiger partial charge < -0.3 is 9.47 Å². The molecule has 1 aliphatic heterocycles. The van der Waals surface area contributed by atoms with Crippen LogP contribution in [0.15, 0.2) is 41.5 Å². The zero-order valence-electron chi connectivity index (χ0n) is 15.5. The lowest BCUT2D eigenvalue weighted by atomic mass is 10.1. The molecule has 0 saturated heterocycles. The number of nitrogens with one attached hydrogen (secondary N) is 1. The van der Waals surface area contributed by atoms with Crippen molar-refractivity contribution in [3.63, 3.8) is 0 Å². The number of aromatic nitrogens is 3. The van der Waals surface area contributed by atoms with E-state index in [1.165, 1.54) is 16.8 Å². The Hall–Kier alpha value is -3.00. The van der Waals surface area contributed by atoms with E-state index in [-0.39, 0.29) is 11.9 Å². The molecular weight excluding hydrogens is 379 g/mol. The molecule has 0 aliphatic carbocycles. The van der Waals surface area contributed by atoms with Crippen molar-refractivity contribution in [2.75, 3.05) is 6.61 Å². The molecule has 2 heterocycles. The highest BCUT2D eigenvalue weighted by atomic mass is 32.1. The first-order valence-corrected chi connectivity index (χ1v) is 9.40. The van der Waals surface area contributed by atoms with Crippen LogP contribution < -0.4 is 9.47 Å². The van der Waals surface area contributed by atoms with E-state index in [4.69, 9.17) is 21.7 Å². The van der Waals surface area contributed by atoms with Crippen LogP contribution in [0.4, 0.5) is 4.39 Å². The average Bonchev–Trinajstić information content (AvgIpc) is 3.21. The van der Waals surface area contributed by atoms with Gasteiger partial charge in [-0.15, -0.1) is 0 Å². The van der Waals surface area contributed by atoms with Gasteiger partial charge in [0.1, 0.15) is 23.4 Å². The predicted octanol–water partition coefficient (Wildman–Crippen LogP) is 4.35. The average molecular weight is 398 g/mol. The maximum absolute atomic E-state index is 13.6. The summed E-state index contributed by atoms with van der Waals surface area (Å²) >= 11 is 5.28. The Morgan fingerprint density at radius 1 is 1.43 bits per heavy atom. The zero-order valence-corrected chi connectivity index (χ0v) is 16.3. The minimum Gasteiger partial charge on any atom is -0.493 e. The second-order valence-electron chi connectivity index (χ2n) is 6.48. The Labute approximate surface area is 166 Å². The van der Waals surface area contributed by atoms with E-state index in [9.17, 15) is 4.39 Å². The predicted molar refractivity (Wildman–Crippen MR) is 107 cm³/mol. The molecule has 8 heteroatoms. The molecule has 0 saturated carbocycles. The van der Waals surface area contributed by atoms with E-state index in [2.05, 4.69) is 15.3 Å². The third-order valence-electron chi connectivity index (χ3n) is 4.37. The fraction of sp³-hybridized carbons (Fsp3) is 0.250. The number of H-pyrrole nitrogens is 1. The molecule has 28 heavy (non-hydrogen) atoms. The van der Waals surface area contributed by atoms with Crippen LogP contribution in [0.1, 0.15) is 25.0 Å². The minimum absolute atomic E-state index is 0.138. The quantitative estimate of drug-likeness (QED) is 0.513. The first-order valence-electron chi connectivity index (χ1n) is 8.99. The molecule has 4 rings (SSSR count). The topological polar surface area (TPSA) is 64.4 Å². The van der Waals surface area contributed by atoms with E-state index >= 15 is 0 Å². The van der Waals surface area contributed by atoms with Crippen molar-refractivity contribution in [1.82, 2.24) is 14.9 Å². The van der Waals surface area contributed by atoms with Gasteiger partial charge in [0.15, 0.2) is 5.82 Å².